The molecule has 1 saturated heterocycles. The van der Waals surface area contributed by atoms with Crippen molar-refractivity contribution >= 4 is 46.4 Å². The lowest BCUT2D eigenvalue weighted by molar-refractivity contribution is 0.373. The molecule has 0 bridgehead atoms. The van der Waals surface area contributed by atoms with Gasteiger partial charge in [0, 0.05) is 67.8 Å². The molecule has 1 fully saturated rings. The van der Waals surface area contributed by atoms with Gasteiger partial charge >= 0.3 is 0 Å². The number of aryl methyl sites for hydroxylation is 1. The lowest BCUT2D eigenvalue weighted by atomic mass is 10.2. The molecule has 3 rings (SSSR count). The van der Waals surface area contributed by atoms with E-state index in [0.29, 0.717) is 18.1 Å². The van der Waals surface area contributed by atoms with Crippen LogP contribution in [0.25, 0.3) is 0 Å². The third kappa shape index (κ3) is 7.29. The molecule has 7 heteroatoms. The smallest absolute Gasteiger partial charge is 0.193 e. The van der Waals surface area contributed by atoms with Crippen LogP contribution in [0.15, 0.2) is 59.6 Å². The average molecular weight is 526 g/mol. The van der Waals surface area contributed by atoms with Crippen LogP contribution in [-0.2, 0) is 16.6 Å². The first kappa shape index (κ1) is 23.7. The van der Waals surface area contributed by atoms with Crippen LogP contribution in [0, 0.1) is 6.92 Å². The van der Waals surface area contributed by atoms with Crippen molar-refractivity contribution in [2.75, 3.05) is 50.4 Å². The maximum atomic E-state index is 12.3. The predicted molar refractivity (Wildman–Crippen MR) is 135 cm³/mol. The highest BCUT2D eigenvalue weighted by Gasteiger charge is 2.19. The van der Waals surface area contributed by atoms with Crippen molar-refractivity contribution < 1.29 is 4.21 Å². The second-order valence-corrected chi connectivity index (χ2v) is 8.64. The van der Waals surface area contributed by atoms with E-state index in [1.807, 2.05) is 37.4 Å². The first-order chi connectivity index (χ1) is 13.7. The number of nitrogens with one attached hydrogen (secondary N) is 1. The van der Waals surface area contributed by atoms with Crippen molar-refractivity contribution in [2.45, 2.75) is 12.7 Å². The van der Waals surface area contributed by atoms with Crippen LogP contribution in [-0.4, -0.2) is 60.6 Å². The number of nitrogens with zero attached hydrogens (tertiary/aromatic N) is 3. The molecule has 0 radical (unpaired) electrons. The summed E-state index contributed by atoms with van der Waals surface area (Å²) in [5.41, 5.74) is 3.71. The molecule has 2 aromatic carbocycles. The van der Waals surface area contributed by atoms with Gasteiger partial charge in [0.1, 0.15) is 0 Å². The maximum absolute atomic E-state index is 12.3. The summed E-state index contributed by atoms with van der Waals surface area (Å²) in [6.45, 7) is 6.62. The number of benzene rings is 2. The third-order valence-corrected chi connectivity index (χ3v) is 6.26. The molecule has 0 aromatic heterocycles. The first-order valence-corrected chi connectivity index (χ1v) is 11.3. The Bertz CT molecular complexity index is 807. The Balaban J connectivity index is 0.00000300. The SMILES string of the molecule is CN=C(NCCS(=O)Cc1ccccc1)N1CCN(c2cccc(C)c2)CC1.I. The van der Waals surface area contributed by atoms with Gasteiger partial charge in [0.15, 0.2) is 5.96 Å². The van der Waals surface area contributed by atoms with Crippen LogP contribution in [0.5, 0.6) is 0 Å². The van der Waals surface area contributed by atoms with Gasteiger partial charge in [-0.15, -0.1) is 24.0 Å². The van der Waals surface area contributed by atoms with E-state index < -0.39 is 10.8 Å². The molecule has 0 amide bonds. The quantitative estimate of drug-likeness (QED) is 0.357. The highest BCUT2D eigenvalue weighted by Crippen LogP contribution is 2.17. The molecule has 1 aliphatic heterocycles. The van der Waals surface area contributed by atoms with Crippen LogP contribution in [0.2, 0.25) is 0 Å². The predicted octanol–water partition coefficient (Wildman–Crippen LogP) is 3.26. The van der Waals surface area contributed by atoms with Gasteiger partial charge in [-0.25, -0.2) is 0 Å². The van der Waals surface area contributed by atoms with Crippen LogP contribution < -0.4 is 10.2 Å². The Morgan fingerprint density at radius 3 is 2.45 bits per heavy atom. The maximum Gasteiger partial charge on any atom is 0.193 e. The number of piperazine rings is 1. The van der Waals surface area contributed by atoms with E-state index in [4.69, 9.17) is 0 Å². The summed E-state index contributed by atoms with van der Waals surface area (Å²) in [5.74, 6) is 2.13. The Morgan fingerprint density at radius 1 is 1.07 bits per heavy atom. The Hall–Kier alpha value is -1.61. The Morgan fingerprint density at radius 2 is 1.79 bits per heavy atom. The number of hydrogen-bond donors (Lipinski definition) is 1. The molecule has 1 heterocycles. The standard InChI is InChI=1S/C22H30N4OS.HI/c1-19-7-6-10-21(17-19)25-12-14-26(15-13-25)22(23-2)24-11-16-28(27)18-20-8-4-3-5-9-20;/h3-10,17H,11-16,18H2,1-2H3,(H,23,24);1H. The van der Waals surface area contributed by atoms with Crippen molar-refractivity contribution in [1.29, 1.82) is 0 Å². The van der Waals surface area contributed by atoms with Gasteiger partial charge in [0.2, 0.25) is 0 Å². The van der Waals surface area contributed by atoms with E-state index in [1.54, 1.807) is 0 Å². The molecule has 1 aliphatic rings. The molecule has 0 spiro atoms. The molecule has 1 N–H and O–H groups in total. The van der Waals surface area contributed by atoms with Crippen LogP contribution in [0.4, 0.5) is 5.69 Å². The van der Waals surface area contributed by atoms with E-state index in [0.717, 1.165) is 37.7 Å². The molecule has 0 saturated carbocycles. The van der Waals surface area contributed by atoms with E-state index in [2.05, 4.69) is 51.3 Å². The van der Waals surface area contributed by atoms with Crippen molar-refractivity contribution in [3.63, 3.8) is 0 Å². The van der Waals surface area contributed by atoms with Crippen LogP contribution >= 0.6 is 24.0 Å². The number of hydrogen-bond acceptors (Lipinski definition) is 3. The normalized spacial score (nSPS) is 15.6. The topological polar surface area (TPSA) is 47.9 Å². The summed E-state index contributed by atoms with van der Waals surface area (Å²) in [6, 6.07) is 18.7. The van der Waals surface area contributed by atoms with Gasteiger partial charge < -0.3 is 15.1 Å². The molecule has 2 aromatic rings. The van der Waals surface area contributed by atoms with Gasteiger partial charge in [-0.2, -0.15) is 0 Å². The minimum Gasteiger partial charge on any atom is -0.368 e. The summed E-state index contributed by atoms with van der Waals surface area (Å²) in [6.07, 6.45) is 0. The fourth-order valence-corrected chi connectivity index (χ4v) is 4.48. The van der Waals surface area contributed by atoms with Gasteiger partial charge in [-0.05, 0) is 30.2 Å². The van der Waals surface area contributed by atoms with Crippen molar-refractivity contribution in [3.8, 4) is 0 Å². The van der Waals surface area contributed by atoms with E-state index in [1.165, 1.54) is 11.3 Å². The number of guanidine groups is 1. The number of halogens is 1. The van der Waals surface area contributed by atoms with Crippen LogP contribution in [0.3, 0.4) is 0 Å². The van der Waals surface area contributed by atoms with Crippen molar-refractivity contribution in [3.05, 3.63) is 65.7 Å². The molecule has 158 valence electrons. The van der Waals surface area contributed by atoms with Gasteiger partial charge in [-0.3, -0.25) is 9.20 Å². The minimum absolute atomic E-state index is 0. The lowest BCUT2D eigenvalue weighted by Gasteiger charge is -2.37. The molecule has 29 heavy (non-hydrogen) atoms. The summed E-state index contributed by atoms with van der Waals surface area (Å²) in [4.78, 5) is 9.12. The monoisotopic (exact) mass is 526 g/mol. The van der Waals surface area contributed by atoms with Gasteiger partial charge in [-0.1, -0.05) is 42.5 Å². The number of anilines is 1. The lowest BCUT2D eigenvalue weighted by Crippen LogP contribution is -2.53. The number of rotatable bonds is 6. The fourth-order valence-electron chi connectivity index (χ4n) is 3.44. The molecule has 0 aliphatic carbocycles. The Kier molecular flexibility index (Phi) is 9.93. The van der Waals surface area contributed by atoms with E-state index in [9.17, 15) is 4.21 Å². The van der Waals surface area contributed by atoms with Crippen LogP contribution in [0.1, 0.15) is 11.1 Å². The molecule has 1 atom stereocenters. The van der Waals surface area contributed by atoms with Crippen molar-refractivity contribution in [1.82, 2.24) is 10.2 Å². The fraction of sp³-hybridized carbons (Fsp3) is 0.409. The highest BCUT2D eigenvalue weighted by atomic mass is 127. The summed E-state index contributed by atoms with van der Waals surface area (Å²) < 4.78 is 12.3. The number of aliphatic imine (C=N–C) groups is 1. The summed E-state index contributed by atoms with van der Waals surface area (Å²) in [5, 5.41) is 3.38. The largest absolute Gasteiger partial charge is 0.368 e. The first-order valence-electron chi connectivity index (χ1n) is 9.82. The van der Waals surface area contributed by atoms with Gasteiger partial charge in [0.05, 0.1) is 0 Å². The summed E-state index contributed by atoms with van der Waals surface area (Å²) in [7, 11) is 0.944. The summed E-state index contributed by atoms with van der Waals surface area (Å²) >= 11 is 0. The molecular formula is C22H31IN4OS. The van der Waals surface area contributed by atoms with E-state index in [-0.39, 0.29) is 24.0 Å². The zero-order valence-electron chi connectivity index (χ0n) is 17.2. The van der Waals surface area contributed by atoms with Gasteiger partial charge in [0.25, 0.3) is 0 Å². The Labute approximate surface area is 194 Å². The molecule has 5 nitrogen and oxygen atoms in total. The zero-order valence-corrected chi connectivity index (χ0v) is 20.4. The molecular weight excluding hydrogens is 495 g/mol. The van der Waals surface area contributed by atoms with Crippen molar-refractivity contribution in [2.24, 2.45) is 4.99 Å². The highest BCUT2D eigenvalue weighted by molar-refractivity contribution is 14.0. The zero-order chi connectivity index (χ0) is 19.8. The average Bonchev–Trinajstić information content (AvgIpc) is 2.72. The minimum atomic E-state index is -0.872. The van der Waals surface area contributed by atoms with E-state index >= 15 is 0 Å². The molecule has 1 unspecified atom stereocenters. The second-order valence-electron chi connectivity index (χ2n) is 7.06. The second kappa shape index (κ2) is 12.2. The third-order valence-electron chi connectivity index (χ3n) is 4.94.